The highest BCUT2D eigenvalue weighted by Gasteiger charge is 2.32. The van der Waals surface area contributed by atoms with Gasteiger partial charge < -0.3 is 10.2 Å². The van der Waals surface area contributed by atoms with Gasteiger partial charge in [0.15, 0.2) is 0 Å². The average Bonchev–Trinajstić information content (AvgIpc) is 2.93. The molecule has 0 amide bonds. The lowest BCUT2D eigenvalue weighted by Crippen LogP contribution is -2.44. The third-order valence-electron chi connectivity index (χ3n) is 4.68. The predicted molar refractivity (Wildman–Crippen MR) is 83.5 cm³/mol. The SMILES string of the molecule is Clc1ccc2c(N3CCC4NCCC4C3)ccnc2c1. The summed E-state index contributed by atoms with van der Waals surface area (Å²) in [7, 11) is 0. The van der Waals surface area contributed by atoms with E-state index in [2.05, 4.69) is 27.3 Å². The third kappa shape index (κ3) is 2.05. The zero-order valence-corrected chi connectivity index (χ0v) is 12.1. The molecular weight excluding hydrogens is 270 g/mol. The summed E-state index contributed by atoms with van der Waals surface area (Å²) in [5, 5.41) is 5.58. The van der Waals surface area contributed by atoms with Gasteiger partial charge >= 0.3 is 0 Å². The Morgan fingerprint density at radius 2 is 2.20 bits per heavy atom. The van der Waals surface area contributed by atoms with E-state index in [1.807, 2.05) is 18.3 Å². The maximum atomic E-state index is 6.07. The van der Waals surface area contributed by atoms with Crippen LogP contribution < -0.4 is 10.2 Å². The minimum atomic E-state index is 0.730. The molecule has 0 radical (unpaired) electrons. The van der Waals surface area contributed by atoms with Crippen LogP contribution in [0.2, 0.25) is 5.02 Å². The van der Waals surface area contributed by atoms with Crippen molar-refractivity contribution in [3.63, 3.8) is 0 Å². The van der Waals surface area contributed by atoms with Crippen molar-refractivity contribution in [2.75, 3.05) is 24.5 Å². The molecule has 2 aliphatic rings. The first-order chi connectivity index (χ1) is 9.81. The Balaban J connectivity index is 1.71. The molecule has 2 aliphatic heterocycles. The van der Waals surface area contributed by atoms with E-state index in [0.29, 0.717) is 0 Å². The molecule has 0 saturated carbocycles. The molecule has 2 fully saturated rings. The third-order valence-corrected chi connectivity index (χ3v) is 4.91. The van der Waals surface area contributed by atoms with Crippen LogP contribution in [0.25, 0.3) is 10.9 Å². The molecule has 1 aromatic heterocycles. The van der Waals surface area contributed by atoms with Gasteiger partial charge in [-0.2, -0.15) is 0 Å². The number of piperidine rings is 1. The first kappa shape index (κ1) is 12.4. The summed E-state index contributed by atoms with van der Waals surface area (Å²) in [5.74, 6) is 0.791. The second kappa shape index (κ2) is 4.90. The molecule has 3 nitrogen and oxygen atoms in total. The number of rotatable bonds is 1. The molecule has 3 heterocycles. The molecule has 2 unspecified atom stereocenters. The van der Waals surface area contributed by atoms with Gasteiger partial charge in [0.25, 0.3) is 0 Å². The van der Waals surface area contributed by atoms with E-state index in [0.717, 1.165) is 35.6 Å². The van der Waals surface area contributed by atoms with Crippen LogP contribution in [0.1, 0.15) is 12.8 Å². The lowest BCUT2D eigenvalue weighted by molar-refractivity contribution is 0.377. The summed E-state index contributed by atoms with van der Waals surface area (Å²) in [6.45, 7) is 3.45. The number of hydrogen-bond donors (Lipinski definition) is 1. The Kier molecular flexibility index (Phi) is 3.04. The predicted octanol–water partition coefficient (Wildman–Crippen LogP) is 3.08. The average molecular weight is 288 g/mol. The highest BCUT2D eigenvalue weighted by molar-refractivity contribution is 6.31. The van der Waals surface area contributed by atoms with Gasteiger partial charge in [-0.05, 0) is 49.6 Å². The molecule has 0 spiro atoms. The van der Waals surface area contributed by atoms with E-state index in [1.54, 1.807) is 0 Å². The number of pyridine rings is 1. The van der Waals surface area contributed by atoms with Crippen LogP contribution in [0.15, 0.2) is 30.5 Å². The molecular formula is C16H18ClN3. The first-order valence-corrected chi connectivity index (χ1v) is 7.72. The highest BCUT2D eigenvalue weighted by atomic mass is 35.5. The summed E-state index contributed by atoms with van der Waals surface area (Å²) in [4.78, 5) is 6.96. The second-order valence-corrected chi connectivity index (χ2v) is 6.27. The number of anilines is 1. The smallest absolute Gasteiger partial charge is 0.0737 e. The van der Waals surface area contributed by atoms with Gasteiger partial charge in [0, 0.05) is 41.4 Å². The van der Waals surface area contributed by atoms with Crippen LogP contribution >= 0.6 is 11.6 Å². The largest absolute Gasteiger partial charge is 0.371 e. The number of nitrogens with zero attached hydrogens (tertiary/aromatic N) is 2. The lowest BCUT2D eigenvalue weighted by Gasteiger charge is -2.36. The van der Waals surface area contributed by atoms with E-state index in [-0.39, 0.29) is 0 Å². The number of nitrogens with one attached hydrogen (secondary N) is 1. The van der Waals surface area contributed by atoms with Gasteiger partial charge in [0.2, 0.25) is 0 Å². The lowest BCUT2D eigenvalue weighted by atomic mass is 9.93. The fraction of sp³-hybridized carbons (Fsp3) is 0.438. The molecule has 2 aromatic rings. The number of benzene rings is 1. The molecule has 4 heteroatoms. The van der Waals surface area contributed by atoms with E-state index < -0.39 is 0 Å². The summed E-state index contributed by atoms with van der Waals surface area (Å²) in [6.07, 6.45) is 4.44. The molecule has 0 bridgehead atoms. The van der Waals surface area contributed by atoms with E-state index in [9.17, 15) is 0 Å². The maximum absolute atomic E-state index is 6.07. The van der Waals surface area contributed by atoms with Crippen molar-refractivity contribution in [1.82, 2.24) is 10.3 Å². The monoisotopic (exact) mass is 287 g/mol. The van der Waals surface area contributed by atoms with Gasteiger partial charge in [0.05, 0.1) is 5.52 Å². The second-order valence-electron chi connectivity index (χ2n) is 5.84. The van der Waals surface area contributed by atoms with Crippen molar-refractivity contribution in [3.8, 4) is 0 Å². The molecule has 104 valence electrons. The zero-order valence-electron chi connectivity index (χ0n) is 11.3. The highest BCUT2D eigenvalue weighted by Crippen LogP contribution is 2.32. The van der Waals surface area contributed by atoms with Crippen LogP contribution in [0.4, 0.5) is 5.69 Å². The molecule has 1 N–H and O–H groups in total. The summed E-state index contributed by atoms with van der Waals surface area (Å²) < 4.78 is 0. The van der Waals surface area contributed by atoms with Crippen LogP contribution in [0, 0.1) is 5.92 Å². The van der Waals surface area contributed by atoms with Crippen molar-refractivity contribution >= 4 is 28.2 Å². The Morgan fingerprint density at radius 1 is 1.25 bits per heavy atom. The van der Waals surface area contributed by atoms with Crippen molar-refractivity contribution in [2.24, 2.45) is 5.92 Å². The van der Waals surface area contributed by atoms with Crippen LogP contribution in [-0.2, 0) is 0 Å². The van der Waals surface area contributed by atoms with Gasteiger partial charge in [-0.1, -0.05) is 11.6 Å². The van der Waals surface area contributed by atoms with Crippen LogP contribution in [0.3, 0.4) is 0 Å². The minimum Gasteiger partial charge on any atom is -0.371 e. The zero-order chi connectivity index (χ0) is 13.5. The van der Waals surface area contributed by atoms with Gasteiger partial charge in [0.1, 0.15) is 0 Å². The molecule has 20 heavy (non-hydrogen) atoms. The Hall–Kier alpha value is -1.32. The minimum absolute atomic E-state index is 0.730. The number of halogens is 1. The Labute approximate surface area is 123 Å². The van der Waals surface area contributed by atoms with Crippen molar-refractivity contribution in [2.45, 2.75) is 18.9 Å². The van der Waals surface area contributed by atoms with Crippen molar-refractivity contribution in [3.05, 3.63) is 35.5 Å². The fourth-order valence-electron chi connectivity index (χ4n) is 3.65. The van der Waals surface area contributed by atoms with Crippen molar-refractivity contribution in [1.29, 1.82) is 0 Å². The summed E-state index contributed by atoms with van der Waals surface area (Å²) in [5.41, 5.74) is 2.29. The molecule has 0 aliphatic carbocycles. The normalized spacial score (nSPS) is 25.9. The van der Waals surface area contributed by atoms with Gasteiger partial charge in [-0.25, -0.2) is 0 Å². The van der Waals surface area contributed by atoms with Gasteiger partial charge in [-0.15, -0.1) is 0 Å². The summed E-state index contributed by atoms with van der Waals surface area (Å²) >= 11 is 6.07. The first-order valence-electron chi connectivity index (χ1n) is 7.34. The molecule has 1 aromatic carbocycles. The standard InChI is InChI=1S/C16H18ClN3/c17-12-1-2-13-15(9-12)19-7-4-16(13)20-8-5-14-11(10-20)3-6-18-14/h1-2,4,7,9,11,14,18H,3,5-6,8,10H2. The summed E-state index contributed by atoms with van der Waals surface area (Å²) in [6, 6.07) is 8.87. The molecule has 2 saturated heterocycles. The number of fused-ring (bicyclic) bond motifs is 2. The molecule has 4 rings (SSSR count). The van der Waals surface area contributed by atoms with E-state index in [4.69, 9.17) is 11.6 Å². The van der Waals surface area contributed by atoms with Crippen molar-refractivity contribution < 1.29 is 0 Å². The Morgan fingerprint density at radius 3 is 3.15 bits per heavy atom. The fourth-order valence-corrected chi connectivity index (χ4v) is 3.81. The Bertz CT molecular complexity index is 643. The maximum Gasteiger partial charge on any atom is 0.0737 e. The van der Waals surface area contributed by atoms with Gasteiger partial charge in [-0.3, -0.25) is 4.98 Å². The quantitative estimate of drug-likeness (QED) is 0.874. The van der Waals surface area contributed by atoms with E-state index in [1.165, 1.54) is 30.5 Å². The number of aromatic nitrogens is 1. The van der Waals surface area contributed by atoms with Crippen LogP contribution in [0.5, 0.6) is 0 Å². The van der Waals surface area contributed by atoms with E-state index >= 15 is 0 Å². The number of hydrogen-bond acceptors (Lipinski definition) is 3. The topological polar surface area (TPSA) is 28.2 Å². The van der Waals surface area contributed by atoms with Crippen LogP contribution in [-0.4, -0.2) is 30.7 Å². The molecule has 2 atom stereocenters.